The molecule has 0 saturated carbocycles. The zero-order valence-electron chi connectivity index (χ0n) is 14.9. The standard InChI is InChI=1S/C20H20FN5O/c1-14-25-18(11-19(26-14)24-13-15-5-4-9-22-12-15)20(27)23-10-8-16-6-2-3-7-17(16)21/h2-7,9,11-12H,8,10,13H2,1H3,(H,23,27)(H,24,25,26). The fourth-order valence-corrected chi connectivity index (χ4v) is 2.57. The number of rotatable bonds is 7. The lowest BCUT2D eigenvalue weighted by molar-refractivity contribution is 0.0948. The van der Waals surface area contributed by atoms with E-state index in [-0.39, 0.29) is 17.4 Å². The SMILES string of the molecule is Cc1nc(NCc2cccnc2)cc(C(=O)NCCc2ccccc2F)n1. The quantitative estimate of drug-likeness (QED) is 0.673. The molecular weight excluding hydrogens is 345 g/mol. The molecule has 3 rings (SSSR count). The van der Waals surface area contributed by atoms with Crippen LogP contribution in [0.1, 0.15) is 27.4 Å². The van der Waals surface area contributed by atoms with Crippen LogP contribution in [-0.4, -0.2) is 27.4 Å². The van der Waals surface area contributed by atoms with Gasteiger partial charge in [-0.3, -0.25) is 9.78 Å². The van der Waals surface area contributed by atoms with E-state index in [1.165, 1.54) is 6.07 Å². The molecular formula is C20H20FN5O. The molecule has 0 bridgehead atoms. The fourth-order valence-electron chi connectivity index (χ4n) is 2.57. The molecule has 2 heterocycles. The fraction of sp³-hybridized carbons (Fsp3) is 0.200. The Balaban J connectivity index is 1.59. The van der Waals surface area contributed by atoms with Gasteiger partial charge in [0.1, 0.15) is 23.2 Å². The van der Waals surface area contributed by atoms with Crippen LogP contribution in [0.4, 0.5) is 10.2 Å². The zero-order valence-corrected chi connectivity index (χ0v) is 14.9. The van der Waals surface area contributed by atoms with E-state index in [9.17, 15) is 9.18 Å². The highest BCUT2D eigenvalue weighted by Crippen LogP contribution is 2.10. The van der Waals surface area contributed by atoms with Crippen molar-refractivity contribution in [3.8, 4) is 0 Å². The van der Waals surface area contributed by atoms with E-state index >= 15 is 0 Å². The van der Waals surface area contributed by atoms with E-state index in [2.05, 4.69) is 25.6 Å². The van der Waals surface area contributed by atoms with Gasteiger partial charge in [0.05, 0.1) is 0 Å². The Hall–Kier alpha value is -3.35. The third-order valence-corrected chi connectivity index (χ3v) is 3.90. The lowest BCUT2D eigenvalue weighted by Gasteiger charge is -2.09. The van der Waals surface area contributed by atoms with E-state index in [0.29, 0.717) is 36.7 Å². The molecule has 1 aromatic carbocycles. The molecule has 0 aliphatic heterocycles. The van der Waals surface area contributed by atoms with Gasteiger partial charge >= 0.3 is 0 Å². The molecule has 2 N–H and O–H groups in total. The molecule has 0 aliphatic rings. The number of amides is 1. The summed E-state index contributed by atoms with van der Waals surface area (Å²) in [6.45, 7) is 2.59. The molecule has 2 aromatic heterocycles. The number of aryl methyl sites for hydroxylation is 1. The van der Waals surface area contributed by atoms with Gasteiger partial charge in [0.2, 0.25) is 0 Å². The number of aromatic nitrogens is 3. The number of nitrogens with one attached hydrogen (secondary N) is 2. The Morgan fingerprint density at radius 3 is 2.78 bits per heavy atom. The van der Waals surface area contributed by atoms with Crippen molar-refractivity contribution in [2.24, 2.45) is 0 Å². The summed E-state index contributed by atoms with van der Waals surface area (Å²) < 4.78 is 13.6. The van der Waals surface area contributed by atoms with Crippen molar-refractivity contribution in [2.75, 3.05) is 11.9 Å². The van der Waals surface area contributed by atoms with Crippen LogP contribution in [0.15, 0.2) is 54.9 Å². The number of hydrogen-bond donors (Lipinski definition) is 2. The Bertz CT molecular complexity index is 917. The van der Waals surface area contributed by atoms with Crippen molar-refractivity contribution in [3.05, 3.63) is 83.3 Å². The van der Waals surface area contributed by atoms with E-state index in [0.717, 1.165) is 5.56 Å². The van der Waals surface area contributed by atoms with E-state index in [1.54, 1.807) is 43.6 Å². The number of halogens is 1. The first-order valence-electron chi connectivity index (χ1n) is 8.62. The second-order valence-corrected chi connectivity index (χ2v) is 6.00. The molecule has 0 unspecified atom stereocenters. The molecule has 0 radical (unpaired) electrons. The number of benzene rings is 1. The Kier molecular flexibility index (Phi) is 6.04. The van der Waals surface area contributed by atoms with Crippen LogP contribution in [-0.2, 0) is 13.0 Å². The summed E-state index contributed by atoms with van der Waals surface area (Å²) in [6.07, 6.45) is 3.88. The number of pyridine rings is 1. The molecule has 138 valence electrons. The van der Waals surface area contributed by atoms with E-state index in [4.69, 9.17) is 0 Å². The average molecular weight is 365 g/mol. The average Bonchev–Trinajstić information content (AvgIpc) is 2.68. The number of carbonyl (C=O) groups is 1. The summed E-state index contributed by atoms with van der Waals surface area (Å²) in [5.74, 6) is 0.462. The summed E-state index contributed by atoms with van der Waals surface area (Å²) in [6, 6.07) is 11.9. The maximum atomic E-state index is 13.6. The highest BCUT2D eigenvalue weighted by molar-refractivity contribution is 5.92. The van der Waals surface area contributed by atoms with Crippen molar-refractivity contribution in [2.45, 2.75) is 19.9 Å². The molecule has 1 amide bonds. The third-order valence-electron chi connectivity index (χ3n) is 3.90. The normalized spacial score (nSPS) is 10.4. The largest absolute Gasteiger partial charge is 0.366 e. The summed E-state index contributed by atoms with van der Waals surface area (Å²) in [4.78, 5) is 24.9. The van der Waals surface area contributed by atoms with E-state index < -0.39 is 0 Å². The van der Waals surface area contributed by atoms with Crippen LogP contribution in [0.5, 0.6) is 0 Å². The van der Waals surface area contributed by atoms with Gasteiger partial charge in [0.25, 0.3) is 5.91 Å². The molecule has 0 spiro atoms. The summed E-state index contributed by atoms with van der Waals surface area (Å²) in [5.41, 5.74) is 1.84. The maximum absolute atomic E-state index is 13.6. The predicted molar refractivity (Wildman–Crippen MR) is 101 cm³/mol. The molecule has 0 saturated heterocycles. The first-order valence-corrected chi connectivity index (χ1v) is 8.62. The van der Waals surface area contributed by atoms with Crippen molar-refractivity contribution in [1.29, 1.82) is 0 Å². The monoisotopic (exact) mass is 365 g/mol. The van der Waals surface area contributed by atoms with Gasteiger partial charge in [-0.2, -0.15) is 0 Å². The molecule has 0 fully saturated rings. The van der Waals surface area contributed by atoms with Gasteiger partial charge in [-0.15, -0.1) is 0 Å². The Morgan fingerprint density at radius 2 is 2.00 bits per heavy atom. The van der Waals surface area contributed by atoms with Crippen LogP contribution in [0.2, 0.25) is 0 Å². The zero-order chi connectivity index (χ0) is 19.1. The van der Waals surface area contributed by atoms with Gasteiger partial charge < -0.3 is 10.6 Å². The van der Waals surface area contributed by atoms with Crippen LogP contribution < -0.4 is 10.6 Å². The molecule has 27 heavy (non-hydrogen) atoms. The first-order chi connectivity index (χ1) is 13.1. The van der Waals surface area contributed by atoms with Crippen LogP contribution in [0, 0.1) is 12.7 Å². The Labute approximate surface area is 156 Å². The minimum Gasteiger partial charge on any atom is -0.366 e. The van der Waals surface area contributed by atoms with Crippen molar-refractivity contribution in [3.63, 3.8) is 0 Å². The van der Waals surface area contributed by atoms with Gasteiger partial charge in [0.15, 0.2) is 0 Å². The second kappa shape index (κ2) is 8.84. The van der Waals surface area contributed by atoms with Crippen molar-refractivity contribution >= 4 is 11.7 Å². The highest BCUT2D eigenvalue weighted by atomic mass is 19.1. The van der Waals surface area contributed by atoms with Crippen LogP contribution >= 0.6 is 0 Å². The lowest BCUT2D eigenvalue weighted by atomic mass is 10.1. The number of carbonyl (C=O) groups excluding carboxylic acids is 1. The maximum Gasteiger partial charge on any atom is 0.270 e. The van der Waals surface area contributed by atoms with E-state index in [1.807, 2.05) is 12.1 Å². The third kappa shape index (κ3) is 5.31. The highest BCUT2D eigenvalue weighted by Gasteiger charge is 2.11. The summed E-state index contributed by atoms with van der Waals surface area (Å²) in [5, 5.41) is 5.93. The molecule has 6 nitrogen and oxygen atoms in total. The van der Waals surface area contributed by atoms with Crippen LogP contribution in [0.3, 0.4) is 0 Å². The summed E-state index contributed by atoms with van der Waals surface area (Å²) >= 11 is 0. The van der Waals surface area contributed by atoms with Crippen LogP contribution in [0.25, 0.3) is 0 Å². The lowest BCUT2D eigenvalue weighted by Crippen LogP contribution is -2.27. The molecule has 7 heteroatoms. The van der Waals surface area contributed by atoms with Gasteiger partial charge in [-0.05, 0) is 36.6 Å². The molecule has 0 atom stereocenters. The number of nitrogens with zero attached hydrogens (tertiary/aromatic N) is 3. The van der Waals surface area contributed by atoms with Gasteiger partial charge in [0, 0.05) is 31.5 Å². The summed E-state index contributed by atoms with van der Waals surface area (Å²) in [7, 11) is 0. The number of anilines is 1. The minimum absolute atomic E-state index is 0.268. The smallest absolute Gasteiger partial charge is 0.270 e. The minimum atomic E-state index is -0.318. The second-order valence-electron chi connectivity index (χ2n) is 6.00. The predicted octanol–water partition coefficient (Wildman–Crippen LogP) is 2.90. The van der Waals surface area contributed by atoms with Crippen molar-refractivity contribution in [1.82, 2.24) is 20.3 Å². The van der Waals surface area contributed by atoms with Gasteiger partial charge in [-0.25, -0.2) is 14.4 Å². The Morgan fingerprint density at radius 1 is 1.15 bits per heavy atom. The van der Waals surface area contributed by atoms with Crippen molar-refractivity contribution < 1.29 is 9.18 Å². The molecule has 3 aromatic rings. The topological polar surface area (TPSA) is 79.8 Å². The first kappa shape index (κ1) is 18.4. The molecule has 0 aliphatic carbocycles. The number of hydrogen-bond acceptors (Lipinski definition) is 5. The van der Waals surface area contributed by atoms with Gasteiger partial charge in [-0.1, -0.05) is 24.3 Å².